The first-order valence-electron chi connectivity index (χ1n) is 8.17. The van der Waals surface area contributed by atoms with E-state index in [0.29, 0.717) is 17.3 Å². The lowest BCUT2D eigenvalue weighted by Gasteiger charge is -2.07. The molecule has 0 aliphatic heterocycles. The van der Waals surface area contributed by atoms with E-state index < -0.39 is 5.97 Å². The van der Waals surface area contributed by atoms with Crippen molar-refractivity contribution >= 4 is 54.9 Å². The number of benzene rings is 1. The van der Waals surface area contributed by atoms with E-state index in [9.17, 15) is 9.59 Å². The van der Waals surface area contributed by atoms with Gasteiger partial charge in [-0.25, -0.2) is 9.78 Å². The number of thiazole rings is 1. The molecule has 0 radical (unpaired) electrons. The highest BCUT2D eigenvalue weighted by molar-refractivity contribution is 7.29. The van der Waals surface area contributed by atoms with Crippen molar-refractivity contribution in [2.24, 2.45) is 5.92 Å². The normalized spacial score (nSPS) is 10.9. The van der Waals surface area contributed by atoms with Gasteiger partial charge in [0.2, 0.25) is 0 Å². The van der Waals surface area contributed by atoms with E-state index in [0.717, 1.165) is 20.3 Å². The average molecular weight is 390 g/mol. The molecule has 0 atom stereocenters. The minimum Gasteiger partial charge on any atom is -0.451 e. The lowest BCUT2D eigenvalue weighted by atomic mass is 10.2. The van der Waals surface area contributed by atoms with Crippen molar-refractivity contribution in [1.29, 1.82) is 0 Å². The van der Waals surface area contributed by atoms with Crippen molar-refractivity contribution in [2.75, 3.05) is 18.5 Å². The Morgan fingerprint density at radius 2 is 1.96 bits per heavy atom. The molecule has 0 saturated carbocycles. The summed E-state index contributed by atoms with van der Waals surface area (Å²) in [5.41, 5.74) is 0.959. The summed E-state index contributed by atoms with van der Waals surface area (Å²) < 4.78 is 5.97. The van der Waals surface area contributed by atoms with Crippen molar-refractivity contribution in [3.8, 4) is 0 Å². The fourth-order valence-corrected chi connectivity index (χ4v) is 4.14. The van der Waals surface area contributed by atoms with Crippen LogP contribution < -0.4 is 10.6 Å². The van der Waals surface area contributed by atoms with Crippen LogP contribution in [0.3, 0.4) is 0 Å². The molecule has 2 heterocycles. The van der Waals surface area contributed by atoms with Crippen LogP contribution in [-0.4, -0.2) is 30.0 Å². The Hall–Kier alpha value is -2.45. The molecule has 0 bridgehead atoms. The first-order valence-corrected chi connectivity index (χ1v) is 9.81. The highest BCUT2D eigenvalue weighted by atomic mass is 32.1. The minimum absolute atomic E-state index is 0.272. The van der Waals surface area contributed by atoms with Crippen LogP contribution in [-0.2, 0) is 9.53 Å². The molecule has 3 rings (SSSR count). The summed E-state index contributed by atoms with van der Waals surface area (Å²) in [6, 6.07) is 11.5. The molecule has 6 nitrogen and oxygen atoms in total. The van der Waals surface area contributed by atoms with Crippen LogP contribution in [0.4, 0.5) is 10.8 Å². The third-order valence-corrected chi connectivity index (χ3v) is 5.41. The maximum atomic E-state index is 12.1. The van der Waals surface area contributed by atoms with Crippen LogP contribution in [0.15, 0.2) is 36.4 Å². The summed E-state index contributed by atoms with van der Waals surface area (Å²) in [6.45, 7) is 4.29. The molecule has 0 aliphatic rings. The number of para-hydroxylation sites is 1. The van der Waals surface area contributed by atoms with Gasteiger partial charge < -0.3 is 15.4 Å². The summed E-state index contributed by atoms with van der Waals surface area (Å²) in [5.74, 6) is -0.446. The van der Waals surface area contributed by atoms with Crippen molar-refractivity contribution in [3.05, 3.63) is 41.3 Å². The third-order valence-electron chi connectivity index (χ3n) is 3.36. The predicted octanol–water partition coefficient (Wildman–Crippen LogP) is 4.03. The number of amides is 1. The van der Waals surface area contributed by atoms with Crippen molar-refractivity contribution in [1.82, 2.24) is 10.3 Å². The predicted molar refractivity (Wildman–Crippen MR) is 105 cm³/mol. The first kappa shape index (κ1) is 18.3. The number of nitrogens with one attached hydrogen (secondary N) is 2. The lowest BCUT2D eigenvalue weighted by molar-refractivity contribution is -0.124. The second-order valence-electron chi connectivity index (χ2n) is 6.06. The fraction of sp³-hybridized carbons (Fsp3) is 0.278. The minimum atomic E-state index is -0.502. The molecular formula is C18H19N3O3S2. The second kappa shape index (κ2) is 8.29. The van der Waals surface area contributed by atoms with Crippen LogP contribution >= 0.6 is 22.7 Å². The van der Waals surface area contributed by atoms with E-state index in [1.807, 2.05) is 44.2 Å². The standard InChI is InChI=1S/C18H19N3O3S2/c1-11(2)9-19-15(22)10-24-17(23)14-8-13-16(25-14)21-18(26-13)20-12-6-4-3-5-7-12/h3-8,11H,9-10H2,1-2H3,(H,19,22)(H,20,21). The number of esters is 1. The molecule has 1 amide bonds. The van der Waals surface area contributed by atoms with E-state index in [-0.39, 0.29) is 12.5 Å². The SMILES string of the molecule is CC(C)CNC(=O)COC(=O)c1cc2sc(Nc3ccccc3)nc2s1. The van der Waals surface area contributed by atoms with E-state index in [2.05, 4.69) is 15.6 Å². The Kier molecular flexibility index (Phi) is 5.85. The molecule has 136 valence electrons. The third kappa shape index (κ3) is 4.80. The molecule has 2 aromatic heterocycles. The number of nitrogens with zero attached hydrogens (tertiary/aromatic N) is 1. The number of carbonyl (C=O) groups excluding carboxylic acids is 2. The second-order valence-corrected chi connectivity index (χ2v) is 8.13. The number of ether oxygens (including phenoxy) is 1. The number of aromatic nitrogens is 1. The molecule has 1 aromatic carbocycles. The molecule has 0 fully saturated rings. The summed E-state index contributed by atoms with van der Waals surface area (Å²) in [4.78, 5) is 29.4. The van der Waals surface area contributed by atoms with Gasteiger partial charge in [0, 0.05) is 12.2 Å². The molecule has 0 unspecified atom stereocenters. The largest absolute Gasteiger partial charge is 0.451 e. The number of anilines is 2. The molecule has 3 aromatic rings. The summed E-state index contributed by atoms with van der Waals surface area (Å²) >= 11 is 2.73. The van der Waals surface area contributed by atoms with Crippen molar-refractivity contribution < 1.29 is 14.3 Å². The van der Waals surface area contributed by atoms with Gasteiger partial charge in [-0.2, -0.15) is 0 Å². The van der Waals surface area contributed by atoms with Gasteiger partial charge in [0.1, 0.15) is 9.71 Å². The van der Waals surface area contributed by atoms with Gasteiger partial charge in [0.25, 0.3) is 5.91 Å². The zero-order valence-electron chi connectivity index (χ0n) is 14.4. The quantitative estimate of drug-likeness (QED) is 0.596. The molecule has 2 N–H and O–H groups in total. The van der Waals surface area contributed by atoms with Gasteiger partial charge >= 0.3 is 5.97 Å². The van der Waals surface area contributed by atoms with Crippen molar-refractivity contribution in [2.45, 2.75) is 13.8 Å². The van der Waals surface area contributed by atoms with Gasteiger partial charge in [-0.3, -0.25) is 4.79 Å². The Balaban J connectivity index is 1.58. The van der Waals surface area contributed by atoms with Gasteiger partial charge in [-0.15, -0.1) is 11.3 Å². The first-order chi connectivity index (χ1) is 12.5. The molecule has 0 aliphatic carbocycles. The molecule has 8 heteroatoms. The Labute approximate surface area is 159 Å². The van der Waals surface area contributed by atoms with Gasteiger partial charge in [-0.05, 0) is 24.1 Å². The molecular weight excluding hydrogens is 370 g/mol. The van der Waals surface area contributed by atoms with Gasteiger partial charge in [0.15, 0.2) is 11.7 Å². The Bertz CT molecular complexity index is 871. The fourth-order valence-electron chi connectivity index (χ4n) is 2.11. The van der Waals surface area contributed by atoms with Crippen molar-refractivity contribution in [3.63, 3.8) is 0 Å². The maximum absolute atomic E-state index is 12.1. The zero-order chi connectivity index (χ0) is 18.5. The summed E-state index contributed by atoms with van der Waals surface area (Å²) in [7, 11) is 0. The van der Waals surface area contributed by atoms with E-state index in [1.54, 1.807) is 6.07 Å². The van der Waals surface area contributed by atoms with Crippen LogP contribution in [0.5, 0.6) is 0 Å². The highest BCUT2D eigenvalue weighted by Gasteiger charge is 2.16. The Morgan fingerprint density at radius 3 is 2.65 bits per heavy atom. The highest BCUT2D eigenvalue weighted by Crippen LogP contribution is 2.34. The van der Waals surface area contributed by atoms with Gasteiger partial charge in [0.05, 0.1) is 4.70 Å². The number of hydrogen-bond donors (Lipinski definition) is 2. The number of fused-ring (bicyclic) bond motifs is 1. The summed E-state index contributed by atoms with van der Waals surface area (Å²) in [5, 5.41) is 6.72. The maximum Gasteiger partial charge on any atom is 0.348 e. The lowest BCUT2D eigenvalue weighted by Crippen LogP contribution is -2.31. The summed E-state index contributed by atoms with van der Waals surface area (Å²) in [6.07, 6.45) is 0. The Morgan fingerprint density at radius 1 is 1.19 bits per heavy atom. The number of carbonyl (C=O) groups is 2. The van der Waals surface area contributed by atoms with Crippen LogP contribution in [0.2, 0.25) is 0 Å². The smallest absolute Gasteiger partial charge is 0.348 e. The van der Waals surface area contributed by atoms with Crippen LogP contribution in [0.1, 0.15) is 23.5 Å². The monoisotopic (exact) mass is 389 g/mol. The molecule has 0 saturated heterocycles. The van der Waals surface area contributed by atoms with E-state index >= 15 is 0 Å². The molecule has 26 heavy (non-hydrogen) atoms. The van der Waals surface area contributed by atoms with Crippen LogP contribution in [0, 0.1) is 5.92 Å². The topological polar surface area (TPSA) is 80.3 Å². The number of rotatable bonds is 7. The van der Waals surface area contributed by atoms with E-state index in [1.165, 1.54) is 22.7 Å². The van der Waals surface area contributed by atoms with E-state index in [4.69, 9.17) is 4.74 Å². The zero-order valence-corrected chi connectivity index (χ0v) is 16.1. The van der Waals surface area contributed by atoms with Gasteiger partial charge in [-0.1, -0.05) is 43.4 Å². The average Bonchev–Trinajstić information content (AvgIpc) is 3.17. The van der Waals surface area contributed by atoms with Crippen LogP contribution in [0.25, 0.3) is 9.53 Å². The number of thiophene rings is 1. The number of hydrogen-bond acceptors (Lipinski definition) is 7. The molecule has 0 spiro atoms.